The van der Waals surface area contributed by atoms with E-state index in [9.17, 15) is 14.7 Å². The Bertz CT molecular complexity index is 513. The number of ether oxygens (including phenoxy) is 2. The van der Waals surface area contributed by atoms with Crippen LogP contribution >= 0.6 is 0 Å². The normalized spacial score (nSPS) is 12.7. The zero-order valence-electron chi connectivity index (χ0n) is 19.9. The molecule has 0 fully saturated rings. The van der Waals surface area contributed by atoms with E-state index in [-0.39, 0.29) is 25.1 Å². The van der Waals surface area contributed by atoms with Crippen molar-refractivity contribution in [3.8, 4) is 0 Å². The van der Waals surface area contributed by atoms with Crippen molar-refractivity contribution in [3.63, 3.8) is 0 Å². The van der Waals surface area contributed by atoms with Crippen molar-refractivity contribution in [1.82, 2.24) is 0 Å². The fraction of sp³-hybridized carbons (Fsp3) is 0.870. The average Bonchev–Trinajstić information content (AvgIpc) is 2.76. The first kappa shape index (κ1) is 30.1. The number of carbonyl (C=O) groups excluding carboxylic acids is 2. The van der Waals surface area contributed by atoms with E-state index in [0.29, 0.717) is 25.8 Å². The van der Waals surface area contributed by atoms with Crippen molar-refractivity contribution >= 4 is 17.9 Å². The number of unbranched alkanes of at least 4 members (excludes halogenated alkanes) is 10. The number of rotatable bonds is 21. The summed E-state index contributed by atoms with van der Waals surface area (Å²) in [5.41, 5.74) is 16.1. The predicted molar refractivity (Wildman–Crippen MR) is 127 cm³/mol. The summed E-state index contributed by atoms with van der Waals surface area (Å²) in [5.74, 6) is -0.980. The first-order valence-electron chi connectivity index (χ1n) is 12.2. The highest BCUT2D eigenvalue weighted by Crippen LogP contribution is 2.12. The molecule has 188 valence electrons. The van der Waals surface area contributed by atoms with Crippen LogP contribution in [0.15, 0.2) is 4.99 Å². The molecule has 0 aliphatic carbocycles. The highest BCUT2D eigenvalue weighted by Gasteiger charge is 2.17. The van der Waals surface area contributed by atoms with E-state index in [1.165, 1.54) is 51.4 Å². The molecule has 0 aliphatic heterocycles. The number of guanidine groups is 1. The van der Waals surface area contributed by atoms with Crippen LogP contribution in [0.5, 0.6) is 0 Å². The molecular formula is C23H46N4O5. The Morgan fingerprint density at radius 1 is 0.844 bits per heavy atom. The molecule has 0 saturated carbocycles. The monoisotopic (exact) mass is 458 g/mol. The number of carbonyl (C=O) groups is 2. The van der Waals surface area contributed by atoms with Crippen molar-refractivity contribution in [2.24, 2.45) is 22.2 Å². The summed E-state index contributed by atoms with van der Waals surface area (Å²) in [7, 11) is 0. The van der Waals surface area contributed by atoms with Gasteiger partial charge in [-0.1, -0.05) is 71.1 Å². The minimum atomic E-state index is -1.07. The number of aliphatic imine (C=N–C) groups is 1. The van der Waals surface area contributed by atoms with E-state index in [0.717, 1.165) is 19.3 Å². The molecule has 0 saturated heterocycles. The summed E-state index contributed by atoms with van der Waals surface area (Å²) >= 11 is 0. The van der Waals surface area contributed by atoms with Gasteiger partial charge in [0.1, 0.15) is 25.4 Å². The van der Waals surface area contributed by atoms with Crippen LogP contribution in [0.2, 0.25) is 0 Å². The third-order valence-electron chi connectivity index (χ3n) is 5.11. The van der Waals surface area contributed by atoms with Crippen LogP contribution in [0.3, 0.4) is 0 Å². The Balaban J connectivity index is 3.60. The quantitative estimate of drug-likeness (QED) is 0.0882. The second-order valence-electron chi connectivity index (χ2n) is 8.31. The van der Waals surface area contributed by atoms with Crippen LogP contribution in [0.1, 0.15) is 96.8 Å². The number of aliphatic hydroxyl groups is 1. The van der Waals surface area contributed by atoms with E-state index in [1.54, 1.807) is 0 Å². The summed E-state index contributed by atoms with van der Waals surface area (Å²) in [6, 6.07) is -0.819. The number of hydrogen-bond donors (Lipinski definition) is 4. The van der Waals surface area contributed by atoms with Crippen LogP contribution in [0, 0.1) is 0 Å². The molecule has 0 radical (unpaired) electrons. The van der Waals surface area contributed by atoms with Crippen molar-refractivity contribution in [2.75, 3.05) is 19.8 Å². The minimum Gasteiger partial charge on any atom is -0.463 e. The molecule has 0 heterocycles. The molecule has 0 aromatic heterocycles. The fourth-order valence-corrected chi connectivity index (χ4v) is 3.17. The Morgan fingerprint density at radius 2 is 1.38 bits per heavy atom. The van der Waals surface area contributed by atoms with Crippen molar-refractivity contribution < 1.29 is 24.2 Å². The molecule has 0 unspecified atom stereocenters. The summed E-state index contributed by atoms with van der Waals surface area (Å²) < 4.78 is 10.00. The van der Waals surface area contributed by atoms with Crippen molar-refractivity contribution in [1.29, 1.82) is 0 Å². The molecule has 9 heteroatoms. The SMILES string of the molecule is CCCCCCCCCCCCCC(=O)OC[C@@H](O)COC(=O)[C@@H](N)CCCN=C(N)N. The zero-order valence-corrected chi connectivity index (χ0v) is 19.9. The molecule has 0 aliphatic rings. The van der Waals surface area contributed by atoms with Crippen molar-refractivity contribution in [2.45, 2.75) is 109 Å². The van der Waals surface area contributed by atoms with Gasteiger partial charge in [-0.05, 0) is 19.3 Å². The number of hydrogen-bond acceptors (Lipinski definition) is 7. The minimum absolute atomic E-state index is 0.0117. The van der Waals surface area contributed by atoms with Crippen LogP contribution in [-0.2, 0) is 19.1 Å². The number of nitrogens with two attached hydrogens (primary N) is 3. The van der Waals surface area contributed by atoms with Gasteiger partial charge in [0.05, 0.1) is 0 Å². The van der Waals surface area contributed by atoms with Crippen LogP contribution in [0.25, 0.3) is 0 Å². The lowest BCUT2D eigenvalue weighted by atomic mass is 10.1. The van der Waals surface area contributed by atoms with Gasteiger partial charge in [-0.15, -0.1) is 0 Å². The molecule has 0 aromatic carbocycles. The number of nitrogens with zero attached hydrogens (tertiary/aromatic N) is 1. The van der Waals surface area contributed by atoms with Gasteiger partial charge >= 0.3 is 11.9 Å². The average molecular weight is 459 g/mol. The molecule has 0 amide bonds. The summed E-state index contributed by atoms with van der Waals surface area (Å²) in [6.07, 6.45) is 13.5. The topological polar surface area (TPSA) is 163 Å². The first-order chi connectivity index (χ1) is 15.4. The van der Waals surface area contributed by atoms with Crippen LogP contribution in [0.4, 0.5) is 0 Å². The lowest BCUT2D eigenvalue weighted by Crippen LogP contribution is -2.35. The van der Waals surface area contributed by atoms with Gasteiger partial charge in [0.2, 0.25) is 0 Å². The molecule has 0 spiro atoms. The molecule has 2 atom stereocenters. The van der Waals surface area contributed by atoms with Crippen LogP contribution in [-0.4, -0.2) is 54.9 Å². The van der Waals surface area contributed by atoms with Gasteiger partial charge in [0.15, 0.2) is 5.96 Å². The second-order valence-corrected chi connectivity index (χ2v) is 8.31. The molecule has 0 aromatic rings. The van der Waals surface area contributed by atoms with Crippen LogP contribution < -0.4 is 17.2 Å². The maximum absolute atomic E-state index is 11.8. The molecule has 0 bridgehead atoms. The molecule has 9 nitrogen and oxygen atoms in total. The summed E-state index contributed by atoms with van der Waals surface area (Å²) in [5, 5.41) is 9.82. The smallest absolute Gasteiger partial charge is 0.323 e. The Kier molecular flexibility index (Phi) is 19.8. The van der Waals surface area contributed by atoms with Gasteiger partial charge in [0.25, 0.3) is 0 Å². The number of esters is 2. The lowest BCUT2D eigenvalue weighted by molar-refractivity contribution is -0.153. The molecule has 0 rings (SSSR count). The van der Waals surface area contributed by atoms with E-state index >= 15 is 0 Å². The van der Waals surface area contributed by atoms with Gasteiger partial charge in [-0.2, -0.15) is 0 Å². The molecular weight excluding hydrogens is 412 g/mol. The Morgan fingerprint density at radius 3 is 1.94 bits per heavy atom. The maximum Gasteiger partial charge on any atom is 0.323 e. The third-order valence-corrected chi connectivity index (χ3v) is 5.11. The predicted octanol–water partition coefficient (Wildman–Crippen LogP) is 2.52. The maximum atomic E-state index is 11.8. The molecule has 32 heavy (non-hydrogen) atoms. The van der Waals surface area contributed by atoms with Gasteiger partial charge in [0, 0.05) is 13.0 Å². The Labute approximate surface area is 193 Å². The Hall–Kier alpha value is -1.87. The van der Waals surface area contributed by atoms with Crippen molar-refractivity contribution in [3.05, 3.63) is 0 Å². The van der Waals surface area contributed by atoms with Gasteiger partial charge in [-0.25, -0.2) is 0 Å². The van der Waals surface area contributed by atoms with Gasteiger partial charge < -0.3 is 31.8 Å². The standard InChI is InChI=1S/C23H46N4O5/c1-2-3-4-5-6-7-8-9-10-11-12-15-21(29)31-17-19(28)18-32-22(30)20(24)14-13-16-27-23(25)26/h19-20,28H,2-18,24H2,1H3,(H4,25,26,27)/t19-,20+/m1/s1. The second kappa shape index (κ2) is 21.0. The highest BCUT2D eigenvalue weighted by molar-refractivity contribution is 5.76. The summed E-state index contributed by atoms with van der Waals surface area (Å²) in [4.78, 5) is 27.4. The third kappa shape index (κ3) is 20.1. The first-order valence-corrected chi connectivity index (χ1v) is 12.2. The van der Waals surface area contributed by atoms with E-state index < -0.39 is 18.1 Å². The fourth-order valence-electron chi connectivity index (χ4n) is 3.17. The lowest BCUT2D eigenvalue weighted by Gasteiger charge is -2.14. The van der Waals surface area contributed by atoms with Gasteiger partial charge in [-0.3, -0.25) is 14.6 Å². The van der Waals surface area contributed by atoms with E-state index in [2.05, 4.69) is 11.9 Å². The number of aliphatic hydroxyl groups excluding tert-OH is 1. The summed E-state index contributed by atoms with van der Waals surface area (Å²) in [6.45, 7) is 2.13. The zero-order chi connectivity index (χ0) is 24.0. The largest absolute Gasteiger partial charge is 0.463 e. The van der Waals surface area contributed by atoms with E-state index in [4.69, 9.17) is 26.7 Å². The van der Waals surface area contributed by atoms with E-state index in [1.807, 2.05) is 0 Å². The molecule has 7 N–H and O–H groups in total. The highest BCUT2D eigenvalue weighted by atomic mass is 16.6.